The van der Waals surface area contributed by atoms with Gasteiger partial charge in [-0.3, -0.25) is 4.79 Å². The second kappa shape index (κ2) is 7.09. The molecule has 0 amide bonds. The third-order valence-electron chi connectivity index (χ3n) is 5.35. The number of carboxylic acids is 1. The van der Waals surface area contributed by atoms with Crippen LogP contribution in [0.15, 0.2) is 53.0 Å². The summed E-state index contributed by atoms with van der Waals surface area (Å²) < 4.78 is 27.7. The van der Waals surface area contributed by atoms with Crippen LogP contribution in [0.4, 0.5) is 0 Å². The Morgan fingerprint density at radius 1 is 1.26 bits per heavy atom. The summed E-state index contributed by atoms with van der Waals surface area (Å²) in [6, 6.07) is 9.22. The van der Waals surface area contributed by atoms with Crippen LogP contribution in [-0.4, -0.2) is 42.7 Å². The maximum absolute atomic E-state index is 12.9. The number of thioether (sulfide) groups is 1. The molecular weight excluding hydrogens is 384 g/mol. The zero-order valence-corrected chi connectivity index (χ0v) is 16.4. The standard InChI is InChI=1S/C19H22N2O4S2/c22-18(23)19(12-15(19)13-4-2-1-3-5-13)21-27(24,25)17-7-6-16(26-17)14-8-10-20-11-9-14/h1-6,8,15,17,20-21H,7,9-12H2,(H,22,23)/t15-,17?,19?/m1/s1. The molecular formula is C19H22N2O4S2. The predicted molar refractivity (Wildman–Crippen MR) is 106 cm³/mol. The first-order chi connectivity index (χ1) is 12.9. The van der Waals surface area contributed by atoms with Gasteiger partial charge in [0.05, 0.1) is 0 Å². The van der Waals surface area contributed by atoms with Crippen LogP contribution in [0.5, 0.6) is 0 Å². The van der Waals surface area contributed by atoms with Gasteiger partial charge in [-0.25, -0.2) is 8.42 Å². The monoisotopic (exact) mass is 406 g/mol. The maximum Gasteiger partial charge on any atom is 0.325 e. The fourth-order valence-electron chi connectivity index (χ4n) is 3.75. The Balaban J connectivity index is 1.48. The molecule has 1 fully saturated rings. The predicted octanol–water partition coefficient (Wildman–Crippen LogP) is 2.18. The van der Waals surface area contributed by atoms with Gasteiger partial charge in [0.25, 0.3) is 0 Å². The van der Waals surface area contributed by atoms with Gasteiger partial charge in [-0.1, -0.05) is 42.5 Å². The summed E-state index contributed by atoms with van der Waals surface area (Å²) in [6.45, 7) is 1.68. The minimum atomic E-state index is -3.78. The van der Waals surface area contributed by atoms with Crippen molar-refractivity contribution in [3.05, 3.63) is 58.5 Å². The summed E-state index contributed by atoms with van der Waals surface area (Å²) >= 11 is 1.32. The average Bonchev–Trinajstić information content (AvgIpc) is 3.16. The average molecular weight is 407 g/mol. The molecule has 2 aliphatic heterocycles. The van der Waals surface area contributed by atoms with E-state index in [1.165, 1.54) is 17.3 Å². The van der Waals surface area contributed by atoms with Crippen molar-refractivity contribution in [1.29, 1.82) is 0 Å². The second-order valence-corrected chi connectivity index (χ2v) is 10.5. The minimum absolute atomic E-state index is 0.278. The van der Waals surface area contributed by atoms with Crippen LogP contribution in [0.3, 0.4) is 0 Å². The van der Waals surface area contributed by atoms with Gasteiger partial charge >= 0.3 is 5.97 Å². The number of nitrogens with one attached hydrogen (secondary N) is 2. The van der Waals surface area contributed by atoms with Gasteiger partial charge < -0.3 is 10.4 Å². The molecule has 0 bridgehead atoms. The number of rotatable bonds is 6. The number of carbonyl (C=O) groups is 1. The highest BCUT2D eigenvalue weighted by atomic mass is 32.3. The molecule has 27 heavy (non-hydrogen) atoms. The zero-order valence-electron chi connectivity index (χ0n) is 14.7. The molecule has 2 unspecified atom stereocenters. The smallest absolute Gasteiger partial charge is 0.325 e. The number of hydrogen-bond acceptors (Lipinski definition) is 5. The third-order valence-corrected chi connectivity index (χ3v) is 9.07. The number of allylic oxidation sites excluding steroid dienone is 2. The molecule has 3 atom stereocenters. The van der Waals surface area contributed by atoms with Crippen molar-refractivity contribution in [2.75, 3.05) is 13.1 Å². The summed E-state index contributed by atoms with van der Waals surface area (Å²) in [6.07, 6.45) is 5.61. The van der Waals surface area contributed by atoms with Crippen LogP contribution < -0.4 is 10.0 Å². The lowest BCUT2D eigenvalue weighted by atomic mass is 10.1. The van der Waals surface area contributed by atoms with Gasteiger partial charge in [0.2, 0.25) is 10.0 Å². The summed E-state index contributed by atoms with van der Waals surface area (Å²) in [7, 11) is -3.78. The van der Waals surface area contributed by atoms with Crippen molar-refractivity contribution in [3.8, 4) is 0 Å². The van der Waals surface area contributed by atoms with Gasteiger partial charge in [-0.15, -0.1) is 11.8 Å². The quantitative estimate of drug-likeness (QED) is 0.670. The van der Waals surface area contributed by atoms with Crippen LogP contribution in [0.2, 0.25) is 0 Å². The van der Waals surface area contributed by atoms with Gasteiger partial charge in [-0.2, -0.15) is 4.72 Å². The normalized spacial score (nSPS) is 30.5. The molecule has 0 radical (unpaired) electrons. The largest absolute Gasteiger partial charge is 0.480 e. The number of benzene rings is 1. The Labute approximate surface area is 163 Å². The van der Waals surface area contributed by atoms with E-state index in [0.29, 0.717) is 6.42 Å². The molecule has 144 valence electrons. The van der Waals surface area contributed by atoms with E-state index in [1.807, 2.05) is 36.4 Å². The van der Waals surface area contributed by atoms with Crippen LogP contribution in [-0.2, 0) is 14.8 Å². The summed E-state index contributed by atoms with van der Waals surface area (Å²) in [5.74, 6) is -1.45. The van der Waals surface area contributed by atoms with Crippen LogP contribution >= 0.6 is 11.8 Å². The first-order valence-electron chi connectivity index (χ1n) is 9.00. The van der Waals surface area contributed by atoms with Crippen molar-refractivity contribution in [1.82, 2.24) is 10.0 Å². The Bertz CT molecular complexity index is 911. The molecule has 1 aromatic carbocycles. The van der Waals surface area contributed by atoms with Crippen LogP contribution in [0.1, 0.15) is 30.7 Å². The Kier molecular flexibility index (Phi) is 4.92. The molecule has 2 heterocycles. The van der Waals surface area contributed by atoms with Gasteiger partial charge in [0.15, 0.2) is 0 Å². The molecule has 0 spiro atoms. The SMILES string of the molecule is O=C(O)C1(NS(=O)(=O)C2CC=C(C3=CCNCC3)S2)C[C@@H]1c1ccccc1. The maximum atomic E-state index is 12.9. The highest BCUT2D eigenvalue weighted by molar-refractivity contribution is 8.15. The van der Waals surface area contributed by atoms with E-state index in [1.54, 1.807) is 0 Å². The van der Waals surface area contributed by atoms with Crippen molar-refractivity contribution >= 4 is 27.8 Å². The molecule has 1 saturated carbocycles. The molecule has 1 aliphatic carbocycles. The fraction of sp³-hybridized carbons (Fsp3) is 0.421. The zero-order chi connectivity index (χ0) is 19.1. The first-order valence-corrected chi connectivity index (χ1v) is 11.4. The highest BCUT2D eigenvalue weighted by Gasteiger charge is 2.63. The Morgan fingerprint density at radius 3 is 2.70 bits per heavy atom. The topological polar surface area (TPSA) is 95.5 Å². The molecule has 0 saturated heterocycles. The Morgan fingerprint density at radius 2 is 2.04 bits per heavy atom. The van der Waals surface area contributed by atoms with Gasteiger partial charge in [-0.05, 0) is 36.9 Å². The highest BCUT2D eigenvalue weighted by Crippen LogP contribution is 2.53. The molecule has 1 aromatic rings. The van der Waals surface area contributed by atoms with E-state index in [4.69, 9.17) is 0 Å². The van der Waals surface area contributed by atoms with E-state index in [9.17, 15) is 18.3 Å². The number of aliphatic carboxylic acids is 1. The van der Waals surface area contributed by atoms with E-state index < -0.39 is 26.1 Å². The lowest BCUT2D eigenvalue weighted by Crippen LogP contribution is -2.47. The first kappa shape index (κ1) is 18.7. The third kappa shape index (κ3) is 3.59. The lowest BCUT2D eigenvalue weighted by molar-refractivity contribution is -0.140. The summed E-state index contributed by atoms with van der Waals surface area (Å²) in [5.41, 5.74) is 0.593. The fourth-order valence-corrected chi connectivity index (χ4v) is 7.02. The van der Waals surface area contributed by atoms with Crippen LogP contribution in [0, 0.1) is 0 Å². The van der Waals surface area contributed by atoms with Crippen molar-refractivity contribution in [2.45, 2.75) is 35.3 Å². The van der Waals surface area contributed by atoms with Gasteiger partial charge in [0, 0.05) is 17.4 Å². The number of hydrogen-bond donors (Lipinski definition) is 3. The van der Waals surface area contributed by atoms with Gasteiger partial charge in [0.1, 0.15) is 10.1 Å². The van der Waals surface area contributed by atoms with Crippen molar-refractivity contribution in [3.63, 3.8) is 0 Å². The van der Waals surface area contributed by atoms with E-state index in [0.717, 1.165) is 30.0 Å². The Hall–Kier alpha value is -1.61. The lowest BCUT2D eigenvalue weighted by Gasteiger charge is -2.20. The number of carboxylic acid groups (broad SMARTS) is 1. The van der Waals surface area contributed by atoms with E-state index in [-0.39, 0.29) is 12.3 Å². The molecule has 8 heteroatoms. The summed E-state index contributed by atoms with van der Waals surface area (Å²) in [5, 5.41) is 13.0. The van der Waals surface area contributed by atoms with E-state index in [2.05, 4.69) is 16.1 Å². The second-order valence-electron chi connectivity index (χ2n) is 7.13. The molecule has 6 nitrogen and oxygen atoms in total. The minimum Gasteiger partial charge on any atom is -0.480 e. The van der Waals surface area contributed by atoms with Crippen molar-refractivity contribution < 1.29 is 18.3 Å². The molecule has 3 aliphatic rings. The number of sulfonamides is 1. The molecule has 0 aromatic heterocycles. The molecule has 4 rings (SSSR count). The summed E-state index contributed by atoms with van der Waals surface area (Å²) in [4.78, 5) is 12.9. The molecule has 3 N–H and O–H groups in total. The van der Waals surface area contributed by atoms with Crippen molar-refractivity contribution in [2.24, 2.45) is 0 Å². The van der Waals surface area contributed by atoms with E-state index >= 15 is 0 Å². The van der Waals surface area contributed by atoms with Crippen LogP contribution in [0.25, 0.3) is 0 Å².